The highest BCUT2D eigenvalue weighted by Gasteiger charge is 2.34. The van der Waals surface area contributed by atoms with Gasteiger partial charge in [-0.3, -0.25) is 9.80 Å². The summed E-state index contributed by atoms with van der Waals surface area (Å²) in [5, 5.41) is 21.0. The van der Waals surface area contributed by atoms with Crippen LogP contribution in [-0.2, 0) is 4.74 Å². The Morgan fingerprint density at radius 3 is 2.84 bits per heavy atom. The molecule has 32 heavy (non-hydrogen) atoms. The first-order chi connectivity index (χ1) is 15.4. The summed E-state index contributed by atoms with van der Waals surface area (Å²) in [6.45, 7) is 4.43. The van der Waals surface area contributed by atoms with Gasteiger partial charge in [-0.05, 0) is 43.2 Å². The van der Waals surface area contributed by atoms with Crippen molar-refractivity contribution in [2.75, 3.05) is 38.3 Å². The van der Waals surface area contributed by atoms with Crippen LogP contribution in [0.1, 0.15) is 12.0 Å². The standard InChI is InChI=1S/C23H25FN4O4/c1-14-6-7-16-18(12-14)25-21(20-17(24)4-3-5-19(20)29)26-22(16)28(23(30)31)15-8-9-27(13-15)10-11-32-2/h3-7,12,15,29H,8-11,13H2,1-2H3,(H,30,31)/t15-/m1/s1. The maximum Gasteiger partial charge on any atom is 0.413 e. The third kappa shape index (κ3) is 4.21. The number of phenols is 1. The molecule has 1 fully saturated rings. The Morgan fingerprint density at radius 2 is 2.12 bits per heavy atom. The Kier molecular flexibility index (Phi) is 6.20. The van der Waals surface area contributed by atoms with Gasteiger partial charge in [-0.1, -0.05) is 12.1 Å². The van der Waals surface area contributed by atoms with Crippen molar-refractivity contribution in [1.82, 2.24) is 14.9 Å². The summed E-state index contributed by atoms with van der Waals surface area (Å²) in [6.07, 6.45) is -0.513. The zero-order valence-corrected chi connectivity index (χ0v) is 18.0. The molecule has 2 N–H and O–H groups in total. The molecule has 0 aliphatic carbocycles. The molecule has 2 aromatic carbocycles. The highest BCUT2D eigenvalue weighted by Crippen LogP contribution is 2.35. The number of likely N-dealkylation sites (tertiary alicyclic amines) is 1. The van der Waals surface area contributed by atoms with Gasteiger partial charge in [0.1, 0.15) is 17.4 Å². The molecule has 0 bridgehead atoms. The molecule has 0 saturated carbocycles. The number of phenolic OH excluding ortho intramolecular Hbond substituents is 1. The van der Waals surface area contributed by atoms with Crippen LogP contribution in [0.2, 0.25) is 0 Å². The average Bonchev–Trinajstić information content (AvgIpc) is 3.20. The smallest absolute Gasteiger partial charge is 0.413 e. The number of carboxylic acid groups (broad SMARTS) is 1. The summed E-state index contributed by atoms with van der Waals surface area (Å²) in [7, 11) is 1.63. The third-order valence-corrected chi connectivity index (χ3v) is 5.71. The van der Waals surface area contributed by atoms with E-state index in [-0.39, 0.29) is 29.0 Å². The molecule has 4 rings (SSSR count). The van der Waals surface area contributed by atoms with E-state index in [9.17, 15) is 19.4 Å². The van der Waals surface area contributed by atoms with Crippen LogP contribution in [0.25, 0.3) is 22.3 Å². The van der Waals surface area contributed by atoms with E-state index in [1.807, 2.05) is 13.0 Å². The quantitative estimate of drug-likeness (QED) is 0.604. The van der Waals surface area contributed by atoms with Gasteiger partial charge in [0.15, 0.2) is 5.82 Å². The van der Waals surface area contributed by atoms with E-state index >= 15 is 0 Å². The van der Waals surface area contributed by atoms with Crippen molar-refractivity contribution in [2.45, 2.75) is 19.4 Å². The molecular weight excluding hydrogens is 415 g/mol. The van der Waals surface area contributed by atoms with Crippen LogP contribution in [0.5, 0.6) is 5.75 Å². The van der Waals surface area contributed by atoms with E-state index in [0.717, 1.165) is 12.1 Å². The van der Waals surface area contributed by atoms with Crippen LogP contribution in [0.15, 0.2) is 36.4 Å². The highest BCUT2D eigenvalue weighted by molar-refractivity contribution is 5.99. The van der Waals surface area contributed by atoms with Gasteiger partial charge < -0.3 is 14.9 Å². The Hall–Kier alpha value is -3.30. The number of ether oxygens (including phenoxy) is 1. The van der Waals surface area contributed by atoms with Gasteiger partial charge in [0.05, 0.1) is 23.7 Å². The first-order valence-corrected chi connectivity index (χ1v) is 10.4. The lowest BCUT2D eigenvalue weighted by Crippen LogP contribution is -2.42. The summed E-state index contributed by atoms with van der Waals surface area (Å²) < 4.78 is 19.7. The van der Waals surface area contributed by atoms with Gasteiger partial charge in [0.25, 0.3) is 0 Å². The number of halogens is 1. The van der Waals surface area contributed by atoms with E-state index in [4.69, 9.17) is 4.74 Å². The van der Waals surface area contributed by atoms with Crippen molar-refractivity contribution in [3.63, 3.8) is 0 Å². The van der Waals surface area contributed by atoms with Crippen molar-refractivity contribution in [3.05, 3.63) is 47.8 Å². The van der Waals surface area contributed by atoms with Gasteiger partial charge in [-0.25, -0.2) is 19.2 Å². The second kappa shape index (κ2) is 9.05. The van der Waals surface area contributed by atoms with Gasteiger partial charge in [-0.2, -0.15) is 0 Å². The Labute approximate surface area is 184 Å². The van der Waals surface area contributed by atoms with Crippen LogP contribution in [0.4, 0.5) is 15.0 Å². The number of hydrogen-bond acceptors (Lipinski definition) is 6. The van der Waals surface area contributed by atoms with Crippen molar-refractivity contribution in [3.8, 4) is 17.1 Å². The lowest BCUT2D eigenvalue weighted by molar-refractivity contribution is 0.159. The monoisotopic (exact) mass is 440 g/mol. The number of aromatic hydroxyl groups is 1. The van der Waals surface area contributed by atoms with Crippen LogP contribution in [0, 0.1) is 12.7 Å². The summed E-state index contributed by atoms with van der Waals surface area (Å²) in [5.74, 6) is -0.874. The van der Waals surface area contributed by atoms with E-state index in [1.54, 1.807) is 19.2 Å². The summed E-state index contributed by atoms with van der Waals surface area (Å²) in [5.41, 5.74) is 1.24. The number of carbonyl (C=O) groups is 1. The topological polar surface area (TPSA) is 99.0 Å². The summed E-state index contributed by atoms with van der Waals surface area (Å²) in [4.78, 5) is 24.7. The normalized spacial score (nSPS) is 16.5. The predicted molar refractivity (Wildman–Crippen MR) is 119 cm³/mol. The van der Waals surface area contributed by atoms with Crippen molar-refractivity contribution < 1.29 is 24.1 Å². The Balaban J connectivity index is 1.85. The molecule has 1 saturated heterocycles. The molecule has 1 amide bonds. The number of aromatic nitrogens is 2. The van der Waals surface area contributed by atoms with E-state index in [0.29, 0.717) is 37.0 Å². The van der Waals surface area contributed by atoms with Gasteiger partial charge in [0.2, 0.25) is 0 Å². The van der Waals surface area contributed by atoms with Crippen LogP contribution in [-0.4, -0.2) is 70.6 Å². The van der Waals surface area contributed by atoms with E-state index in [1.165, 1.54) is 23.1 Å². The molecule has 168 valence electrons. The lowest BCUT2D eigenvalue weighted by Gasteiger charge is -2.27. The van der Waals surface area contributed by atoms with Gasteiger partial charge in [0, 0.05) is 32.1 Å². The number of aryl methyl sites for hydroxylation is 1. The second-order valence-electron chi connectivity index (χ2n) is 7.91. The number of nitrogens with zero attached hydrogens (tertiary/aromatic N) is 4. The molecule has 2 heterocycles. The number of rotatable bonds is 6. The SMILES string of the molecule is COCCN1CC[C@@H](N(C(=O)O)c2nc(-c3c(O)cccc3F)nc3cc(C)ccc23)C1. The maximum atomic E-state index is 14.6. The molecule has 3 aromatic rings. The Bertz CT molecular complexity index is 1140. The largest absolute Gasteiger partial charge is 0.507 e. The zero-order chi connectivity index (χ0) is 22.8. The number of benzene rings is 2. The molecule has 0 radical (unpaired) electrons. The van der Waals surface area contributed by atoms with Crippen LogP contribution in [0.3, 0.4) is 0 Å². The molecule has 0 unspecified atom stereocenters. The molecule has 1 atom stereocenters. The first-order valence-electron chi connectivity index (χ1n) is 10.4. The zero-order valence-electron chi connectivity index (χ0n) is 18.0. The fraction of sp³-hybridized carbons (Fsp3) is 0.348. The number of anilines is 1. The maximum absolute atomic E-state index is 14.6. The van der Waals surface area contributed by atoms with Crippen molar-refractivity contribution in [2.24, 2.45) is 0 Å². The molecule has 9 heteroatoms. The van der Waals surface area contributed by atoms with E-state index < -0.39 is 11.9 Å². The fourth-order valence-electron chi connectivity index (χ4n) is 4.12. The summed E-state index contributed by atoms with van der Waals surface area (Å²) >= 11 is 0. The van der Waals surface area contributed by atoms with Gasteiger partial charge >= 0.3 is 6.09 Å². The van der Waals surface area contributed by atoms with Crippen LogP contribution < -0.4 is 4.90 Å². The van der Waals surface area contributed by atoms with Gasteiger partial charge in [-0.15, -0.1) is 0 Å². The molecule has 1 aliphatic rings. The summed E-state index contributed by atoms with van der Waals surface area (Å²) in [6, 6.07) is 9.04. The number of hydrogen-bond donors (Lipinski definition) is 2. The number of amides is 1. The minimum absolute atomic E-state index is 0.0609. The molecule has 1 aliphatic heterocycles. The van der Waals surface area contributed by atoms with Crippen LogP contribution >= 0.6 is 0 Å². The fourth-order valence-corrected chi connectivity index (χ4v) is 4.12. The molecule has 0 spiro atoms. The molecule has 1 aromatic heterocycles. The highest BCUT2D eigenvalue weighted by atomic mass is 19.1. The minimum atomic E-state index is -1.15. The second-order valence-corrected chi connectivity index (χ2v) is 7.91. The van der Waals surface area contributed by atoms with E-state index in [2.05, 4.69) is 14.9 Å². The third-order valence-electron chi connectivity index (χ3n) is 5.71. The van der Waals surface area contributed by atoms with Crippen molar-refractivity contribution >= 4 is 22.8 Å². The van der Waals surface area contributed by atoms with Crippen molar-refractivity contribution in [1.29, 1.82) is 0 Å². The predicted octanol–water partition coefficient (Wildman–Crippen LogP) is 3.66. The minimum Gasteiger partial charge on any atom is -0.507 e. The molecular formula is C23H25FN4O4. The first kappa shape index (κ1) is 21.9. The number of fused-ring (bicyclic) bond motifs is 1. The number of methoxy groups -OCH3 is 1. The lowest BCUT2D eigenvalue weighted by atomic mass is 10.1. The Morgan fingerprint density at radius 1 is 1.31 bits per heavy atom. The average molecular weight is 440 g/mol. The molecule has 8 nitrogen and oxygen atoms in total.